The number of nitrogens with one attached hydrogen (secondary N) is 2. The summed E-state index contributed by atoms with van der Waals surface area (Å²) in [5, 5.41) is 15.4. The summed E-state index contributed by atoms with van der Waals surface area (Å²) in [6.07, 6.45) is 0. The minimum absolute atomic E-state index is 0.186. The first-order valence-electron chi connectivity index (χ1n) is 6.84. The smallest absolute Gasteiger partial charge is 0.246 e. The van der Waals surface area contributed by atoms with E-state index >= 15 is 0 Å². The molecule has 0 aromatic heterocycles. The molecular formula is C17H16ClN3O. The Balaban J connectivity index is 2.06. The third kappa shape index (κ3) is 3.78. The number of carbonyl (C=O) groups is 1. The number of amides is 1. The summed E-state index contributed by atoms with van der Waals surface area (Å²) in [5.41, 5.74) is 2.82. The van der Waals surface area contributed by atoms with E-state index in [0.29, 0.717) is 16.3 Å². The van der Waals surface area contributed by atoms with E-state index in [1.165, 1.54) is 0 Å². The molecule has 0 spiro atoms. The predicted molar refractivity (Wildman–Crippen MR) is 89.1 cm³/mol. The van der Waals surface area contributed by atoms with Gasteiger partial charge in [0.2, 0.25) is 5.91 Å². The van der Waals surface area contributed by atoms with Gasteiger partial charge in [-0.25, -0.2) is 0 Å². The second kappa shape index (κ2) is 6.97. The molecule has 112 valence electrons. The average Bonchev–Trinajstić information content (AvgIpc) is 2.52. The van der Waals surface area contributed by atoms with Gasteiger partial charge in [-0.3, -0.25) is 4.79 Å². The molecule has 2 aromatic rings. The Morgan fingerprint density at radius 2 is 2.00 bits per heavy atom. The van der Waals surface area contributed by atoms with E-state index in [0.717, 1.165) is 11.3 Å². The van der Waals surface area contributed by atoms with Crippen molar-refractivity contribution in [1.29, 1.82) is 5.26 Å². The Hall–Kier alpha value is -2.51. The summed E-state index contributed by atoms with van der Waals surface area (Å²) in [7, 11) is 0. The van der Waals surface area contributed by atoms with Crippen LogP contribution in [0.2, 0.25) is 5.02 Å². The fourth-order valence-electron chi connectivity index (χ4n) is 1.98. The van der Waals surface area contributed by atoms with Gasteiger partial charge in [-0.2, -0.15) is 5.26 Å². The minimum Gasteiger partial charge on any atom is -0.374 e. The minimum atomic E-state index is -0.442. The van der Waals surface area contributed by atoms with Gasteiger partial charge < -0.3 is 10.6 Å². The SMILES string of the molecule is Cc1c(Cl)cccc1N[C@@H](C)C(=O)Nc1cccc(C#N)c1. The lowest BCUT2D eigenvalue weighted by Crippen LogP contribution is -2.32. The van der Waals surface area contributed by atoms with Crippen molar-refractivity contribution >= 4 is 28.9 Å². The van der Waals surface area contributed by atoms with Crippen LogP contribution in [0.5, 0.6) is 0 Å². The van der Waals surface area contributed by atoms with Crippen LogP contribution in [0.1, 0.15) is 18.1 Å². The summed E-state index contributed by atoms with van der Waals surface area (Å²) in [4.78, 5) is 12.2. The second-order valence-electron chi connectivity index (χ2n) is 4.96. The molecule has 0 aliphatic heterocycles. The van der Waals surface area contributed by atoms with Gasteiger partial charge in [0.1, 0.15) is 6.04 Å². The van der Waals surface area contributed by atoms with E-state index in [-0.39, 0.29) is 5.91 Å². The van der Waals surface area contributed by atoms with Gasteiger partial charge >= 0.3 is 0 Å². The fraction of sp³-hybridized carbons (Fsp3) is 0.176. The Morgan fingerprint density at radius 1 is 1.27 bits per heavy atom. The Bertz CT molecular complexity index is 737. The Kier molecular flexibility index (Phi) is 5.03. The van der Waals surface area contributed by atoms with Crippen LogP contribution in [-0.2, 0) is 4.79 Å². The van der Waals surface area contributed by atoms with Gasteiger partial charge in [0.05, 0.1) is 11.6 Å². The van der Waals surface area contributed by atoms with Gasteiger partial charge in [0.25, 0.3) is 0 Å². The summed E-state index contributed by atoms with van der Waals surface area (Å²) in [6, 6.07) is 13.9. The van der Waals surface area contributed by atoms with E-state index in [1.807, 2.05) is 25.1 Å². The molecule has 0 aliphatic carbocycles. The van der Waals surface area contributed by atoms with Crippen molar-refractivity contribution in [2.75, 3.05) is 10.6 Å². The molecule has 0 saturated heterocycles. The van der Waals surface area contributed by atoms with Gasteiger partial charge in [-0.15, -0.1) is 0 Å². The molecule has 4 nitrogen and oxygen atoms in total. The predicted octanol–water partition coefficient (Wildman–Crippen LogP) is 3.96. The zero-order valence-electron chi connectivity index (χ0n) is 12.4. The third-order valence-electron chi connectivity index (χ3n) is 3.29. The van der Waals surface area contributed by atoms with Crippen molar-refractivity contribution < 1.29 is 4.79 Å². The molecule has 0 saturated carbocycles. The number of benzene rings is 2. The zero-order chi connectivity index (χ0) is 16.1. The highest BCUT2D eigenvalue weighted by molar-refractivity contribution is 6.31. The molecule has 0 fully saturated rings. The van der Waals surface area contributed by atoms with Crippen molar-refractivity contribution in [3.05, 3.63) is 58.6 Å². The maximum absolute atomic E-state index is 12.2. The lowest BCUT2D eigenvalue weighted by atomic mass is 10.1. The summed E-state index contributed by atoms with van der Waals surface area (Å²) >= 11 is 6.07. The fourth-order valence-corrected chi connectivity index (χ4v) is 2.15. The largest absolute Gasteiger partial charge is 0.374 e. The topological polar surface area (TPSA) is 64.9 Å². The Morgan fingerprint density at radius 3 is 2.73 bits per heavy atom. The van der Waals surface area contributed by atoms with Crippen LogP contribution in [0.4, 0.5) is 11.4 Å². The molecule has 0 heterocycles. The molecular weight excluding hydrogens is 298 g/mol. The highest BCUT2D eigenvalue weighted by atomic mass is 35.5. The first kappa shape index (κ1) is 15.9. The number of nitriles is 1. The number of halogens is 1. The number of hydrogen-bond donors (Lipinski definition) is 2. The molecule has 1 amide bonds. The Labute approximate surface area is 134 Å². The van der Waals surface area contributed by atoms with Crippen LogP contribution >= 0.6 is 11.6 Å². The lowest BCUT2D eigenvalue weighted by molar-refractivity contribution is -0.116. The normalized spacial score (nSPS) is 11.4. The van der Waals surface area contributed by atoms with Gasteiger partial charge in [-0.1, -0.05) is 23.7 Å². The van der Waals surface area contributed by atoms with Gasteiger partial charge in [-0.05, 0) is 49.7 Å². The van der Waals surface area contributed by atoms with E-state index in [2.05, 4.69) is 10.6 Å². The van der Waals surface area contributed by atoms with Crippen molar-refractivity contribution in [3.8, 4) is 6.07 Å². The van der Waals surface area contributed by atoms with Crippen molar-refractivity contribution in [2.24, 2.45) is 0 Å². The monoisotopic (exact) mass is 313 g/mol. The number of rotatable bonds is 4. The highest BCUT2D eigenvalue weighted by Gasteiger charge is 2.14. The molecule has 0 radical (unpaired) electrons. The average molecular weight is 314 g/mol. The second-order valence-corrected chi connectivity index (χ2v) is 5.37. The summed E-state index contributed by atoms with van der Waals surface area (Å²) < 4.78 is 0. The van der Waals surface area contributed by atoms with Crippen LogP contribution in [0.25, 0.3) is 0 Å². The number of anilines is 2. The molecule has 0 aliphatic rings. The molecule has 0 unspecified atom stereocenters. The first-order chi connectivity index (χ1) is 10.5. The maximum atomic E-state index is 12.2. The standard InChI is InChI=1S/C17H16ClN3O/c1-11-15(18)7-4-8-16(11)20-12(2)17(22)21-14-6-3-5-13(9-14)10-19/h3-9,12,20H,1-2H3,(H,21,22)/t12-/m0/s1. The molecule has 2 N–H and O–H groups in total. The van der Waals surface area contributed by atoms with Crippen LogP contribution in [0.15, 0.2) is 42.5 Å². The quantitative estimate of drug-likeness (QED) is 0.898. The first-order valence-corrected chi connectivity index (χ1v) is 7.21. The molecule has 0 bridgehead atoms. The molecule has 22 heavy (non-hydrogen) atoms. The van der Waals surface area contributed by atoms with Gasteiger partial charge in [0.15, 0.2) is 0 Å². The summed E-state index contributed by atoms with van der Waals surface area (Å²) in [6.45, 7) is 3.66. The van der Waals surface area contributed by atoms with E-state index < -0.39 is 6.04 Å². The molecule has 5 heteroatoms. The maximum Gasteiger partial charge on any atom is 0.246 e. The number of hydrogen-bond acceptors (Lipinski definition) is 3. The van der Waals surface area contributed by atoms with E-state index in [1.54, 1.807) is 37.3 Å². The van der Waals surface area contributed by atoms with Crippen molar-refractivity contribution in [3.63, 3.8) is 0 Å². The summed E-state index contributed by atoms with van der Waals surface area (Å²) in [5.74, 6) is -0.186. The van der Waals surface area contributed by atoms with Gasteiger partial charge in [0, 0.05) is 16.4 Å². The van der Waals surface area contributed by atoms with Crippen LogP contribution in [0, 0.1) is 18.3 Å². The zero-order valence-corrected chi connectivity index (χ0v) is 13.1. The van der Waals surface area contributed by atoms with E-state index in [9.17, 15) is 4.79 Å². The highest BCUT2D eigenvalue weighted by Crippen LogP contribution is 2.23. The number of carbonyl (C=O) groups excluding carboxylic acids is 1. The molecule has 2 aromatic carbocycles. The van der Waals surface area contributed by atoms with Crippen LogP contribution < -0.4 is 10.6 Å². The van der Waals surface area contributed by atoms with E-state index in [4.69, 9.17) is 16.9 Å². The van der Waals surface area contributed by atoms with Crippen LogP contribution in [-0.4, -0.2) is 11.9 Å². The van der Waals surface area contributed by atoms with Crippen molar-refractivity contribution in [2.45, 2.75) is 19.9 Å². The third-order valence-corrected chi connectivity index (χ3v) is 3.70. The number of nitrogens with zero attached hydrogens (tertiary/aromatic N) is 1. The lowest BCUT2D eigenvalue weighted by Gasteiger charge is -2.17. The molecule has 2 rings (SSSR count). The van der Waals surface area contributed by atoms with Crippen LogP contribution in [0.3, 0.4) is 0 Å². The molecule has 1 atom stereocenters. The van der Waals surface area contributed by atoms with Crippen molar-refractivity contribution in [1.82, 2.24) is 0 Å².